The first-order chi connectivity index (χ1) is 13.5. The lowest BCUT2D eigenvalue weighted by atomic mass is 9.97. The largest absolute Gasteiger partial charge is 0.352 e. The third-order valence-corrected chi connectivity index (χ3v) is 8.05. The van der Waals surface area contributed by atoms with Crippen LogP contribution in [0.1, 0.15) is 44.9 Å². The van der Waals surface area contributed by atoms with Crippen molar-refractivity contribution in [3.8, 4) is 0 Å². The van der Waals surface area contributed by atoms with E-state index in [1.807, 2.05) is 0 Å². The molecule has 1 saturated carbocycles. The Morgan fingerprint density at radius 3 is 2.39 bits per heavy atom. The number of thiophene rings is 1. The maximum Gasteiger partial charge on any atom is 0.274 e. The van der Waals surface area contributed by atoms with Crippen LogP contribution < -0.4 is 9.62 Å². The van der Waals surface area contributed by atoms with Crippen molar-refractivity contribution in [2.75, 3.05) is 10.8 Å². The molecule has 3 rings (SSSR count). The summed E-state index contributed by atoms with van der Waals surface area (Å²) in [6.45, 7) is -0.447. The Bertz CT molecular complexity index is 877. The minimum atomic E-state index is -4.03. The van der Waals surface area contributed by atoms with E-state index in [9.17, 15) is 17.6 Å². The fourth-order valence-corrected chi connectivity index (χ4v) is 6.01. The molecule has 28 heavy (non-hydrogen) atoms. The zero-order valence-electron chi connectivity index (χ0n) is 15.6. The van der Waals surface area contributed by atoms with Crippen molar-refractivity contribution in [1.29, 1.82) is 0 Å². The number of nitrogens with one attached hydrogen (secondary N) is 1. The monoisotopic (exact) mass is 424 g/mol. The average Bonchev–Trinajstić information content (AvgIpc) is 3.18. The van der Waals surface area contributed by atoms with Crippen LogP contribution in [-0.2, 0) is 14.8 Å². The van der Waals surface area contributed by atoms with Gasteiger partial charge in [-0.05, 0) is 36.4 Å². The molecule has 0 aliphatic heterocycles. The number of benzene rings is 1. The molecule has 0 bridgehead atoms. The number of amides is 1. The number of carbonyl (C=O) groups is 1. The van der Waals surface area contributed by atoms with E-state index in [1.165, 1.54) is 30.7 Å². The van der Waals surface area contributed by atoms with Gasteiger partial charge in [-0.3, -0.25) is 9.10 Å². The van der Waals surface area contributed by atoms with Gasteiger partial charge in [-0.15, -0.1) is 11.3 Å². The second-order valence-corrected chi connectivity index (χ2v) is 10.0. The van der Waals surface area contributed by atoms with Gasteiger partial charge in [0.25, 0.3) is 10.0 Å². The van der Waals surface area contributed by atoms with Gasteiger partial charge in [0, 0.05) is 6.04 Å². The lowest BCUT2D eigenvalue weighted by Gasteiger charge is -2.26. The van der Waals surface area contributed by atoms with Gasteiger partial charge < -0.3 is 5.32 Å². The number of hydrogen-bond donors (Lipinski definition) is 1. The van der Waals surface area contributed by atoms with E-state index in [0.29, 0.717) is 0 Å². The zero-order valence-corrected chi connectivity index (χ0v) is 17.3. The van der Waals surface area contributed by atoms with E-state index in [1.54, 1.807) is 17.5 Å². The maximum absolute atomic E-state index is 14.4. The van der Waals surface area contributed by atoms with Crippen molar-refractivity contribution in [3.63, 3.8) is 0 Å². The quantitative estimate of drug-likeness (QED) is 0.751. The molecule has 5 nitrogen and oxygen atoms in total. The van der Waals surface area contributed by atoms with Crippen LogP contribution in [0.4, 0.5) is 10.1 Å². The minimum Gasteiger partial charge on any atom is -0.352 e. The molecule has 1 aliphatic carbocycles. The molecule has 0 saturated heterocycles. The van der Waals surface area contributed by atoms with Crippen LogP contribution >= 0.6 is 11.3 Å². The molecular weight excluding hydrogens is 399 g/mol. The van der Waals surface area contributed by atoms with E-state index in [2.05, 4.69) is 5.32 Å². The molecule has 1 aromatic heterocycles. The number of carbonyl (C=O) groups excluding carboxylic acids is 1. The summed E-state index contributed by atoms with van der Waals surface area (Å²) in [7, 11) is -4.03. The summed E-state index contributed by atoms with van der Waals surface area (Å²) < 4.78 is 41.5. The van der Waals surface area contributed by atoms with Crippen molar-refractivity contribution in [2.45, 2.75) is 55.2 Å². The third kappa shape index (κ3) is 5.11. The van der Waals surface area contributed by atoms with Crippen molar-refractivity contribution in [2.24, 2.45) is 0 Å². The first-order valence-corrected chi connectivity index (χ1v) is 11.9. The van der Waals surface area contributed by atoms with Gasteiger partial charge in [0.2, 0.25) is 5.91 Å². The third-order valence-electron chi connectivity index (χ3n) is 4.92. The first kappa shape index (κ1) is 20.8. The van der Waals surface area contributed by atoms with Crippen LogP contribution in [0.25, 0.3) is 0 Å². The van der Waals surface area contributed by atoms with Gasteiger partial charge in [-0.2, -0.15) is 0 Å². The molecule has 1 aliphatic rings. The molecule has 0 unspecified atom stereocenters. The Morgan fingerprint density at radius 2 is 1.75 bits per heavy atom. The van der Waals surface area contributed by atoms with Crippen molar-refractivity contribution in [1.82, 2.24) is 5.32 Å². The van der Waals surface area contributed by atoms with Crippen molar-refractivity contribution >= 4 is 33.0 Å². The first-order valence-electron chi connectivity index (χ1n) is 9.58. The summed E-state index contributed by atoms with van der Waals surface area (Å²) in [5.74, 6) is -1.09. The Morgan fingerprint density at radius 1 is 1.07 bits per heavy atom. The van der Waals surface area contributed by atoms with E-state index >= 15 is 0 Å². The van der Waals surface area contributed by atoms with Gasteiger partial charge in [0.05, 0.1) is 5.69 Å². The highest BCUT2D eigenvalue weighted by Crippen LogP contribution is 2.28. The number of sulfonamides is 1. The summed E-state index contributed by atoms with van der Waals surface area (Å²) >= 11 is 1.04. The molecule has 0 spiro atoms. The topological polar surface area (TPSA) is 66.5 Å². The molecule has 1 aromatic carbocycles. The molecule has 2 aromatic rings. The fraction of sp³-hybridized carbons (Fsp3) is 0.450. The lowest BCUT2D eigenvalue weighted by molar-refractivity contribution is -0.120. The highest BCUT2D eigenvalue weighted by molar-refractivity contribution is 7.94. The predicted octanol–water partition coefficient (Wildman–Crippen LogP) is 4.31. The Balaban J connectivity index is 1.81. The molecule has 1 N–H and O–H groups in total. The summed E-state index contributed by atoms with van der Waals surface area (Å²) in [6.07, 6.45) is 7.42. The highest BCUT2D eigenvalue weighted by Gasteiger charge is 2.30. The Hall–Kier alpha value is -1.93. The molecule has 1 heterocycles. The van der Waals surface area contributed by atoms with Gasteiger partial charge in [-0.25, -0.2) is 12.8 Å². The molecule has 1 amide bonds. The smallest absolute Gasteiger partial charge is 0.274 e. The summed E-state index contributed by atoms with van der Waals surface area (Å²) in [5.41, 5.74) is -0.122. The lowest BCUT2D eigenvalue weighted by Crippen LogP contribution is -2.44. The van der Waals surface area contributed by atoms with Crippen LogP contribution in [-0.4, -0.2) is 26.9 Å². The Labute approximate surface area is 169 Å². The molecular formula is C20H25FN2O3S2. The van der Waals surface area contributed by atoms with Crippen molar-refractivity contribution in [3.05, 3.63) is 47.6 Å². The van der Waals surface area contributed by atoms with Crippen LogP contribution in [0.2, 0.25) is 0 Å². The number of anilines is 1. The van der Waals surface area contributed by atoms with Crippen LogP contribution in [0, 0.1) is 5.82 Å². The van der Waals surface area contributed by atoms with Gasteiger partial charge in [0.1, 0.15) is 16.6 Å². The molecule has 0 atom stereocenters. The zero-order chi connectivity index (χ0) is 20.0. The SMILES string of the molecule is O=C(CN(c1ccccc1F)S(=O)(=O)c1cccs1)NC1CCCCCCC1. The predicted molar refractivity (Wildman–Crippen MR) is 110 cm³/mol. The Kier molecular flexibility index (Phi) is 7.07. The average molecular weight is 425 g/mol. The number of para-hydroxylation sites is 1. The summed E-state index contributed by atoms with van der Waals surface area (Å²) in [6, 6.07) is 8.74. The van der Waals surface area contributed by atoms with Gasteiger partial charge >= 0.3 is 0 Å². The number of halogens is 1. The minimum absolute atomic E-state index is 0.0414. The van der Waals surface area contributed by atoms with E-state index in [-0.39, 0.29) is 15.9 Å². The number of nitrogens with zero attached hydrogens (tertiary/aromatic N) is 1. The van der Waals surface area contributed by atoms with Crippen LogP contribution in [0.15, 0.2) is 46.0 Å². The normalized spacial score (nSPS) is 16.2. The highest BCUT2D eigenvalue weighted by atomic mass is 32.2. The molecule has 0 radical (unpaired) electrons. The van der Waals surface area contributed by atoms with Gasteiger partial charge in [-0.1, -0.05) is 50.3 Å². The van der Waals surface area contributed by atoms with Crippen molar-refractivity contribution < 1.29 is 17.6 Å². The maximum atomic E-state index is 14.4. The van der Waals surface area contributed by atoms with Crippen LogP contribution in [0.3, 0.4) is 0 Å². The summed E-state index contributed by atoms with van der Waals surface area (Å²) in [5, 5.41) is 4.60. The molecule has 152 valence electrons. The molecule has 8 heteroatoms. The van der Waals surface area contributed by atoms with E-state index in [0.717, 1.165) is 54.2 Å². The fourth-order valence-electron chi connectivity index (χ4n) is 3.48. The number of hydrogen-bond acceptors (Lipinski definition) is 4. The van der Waals surface area contributed by atoms with E-state index < -0.39 is 28.3 Å². The second-order valence-electron chi connectivity index (χ2n) is 7.00. The number of rotatable bonds is 6. The van der Waals surface area contributed by atoms with Gasteiger partial charge in [0.15, 0.2) is 0 Å². The summed E-state index contributed by atoms with van der Waals surface area (Å²) in [4.78, 5) is 12.7. The van der Waals surface area contributed by atoms with E-state index in [4.69, 9.17) is 0 Å². The standard InChI is InChI=1S/C20H25FN2O3S2/c21-17-11-6-7-12-18(17)23(28(25,26)20-13-8-14-27-20)15-19(24)22-16-9-4-2-1-3-5-10-16/h6-8,11-14,16H,1-5,9-10,15H2,(H,22,24). The second kappa shape index (κ2) is 9.52. The van der Waals surface area contributed by atoms with Crippen LogP contribution in [0.5, 0.6) is 0 Å². The molecule has 1 fully saturated rings.